The minimum absolute atomic E-state index is 0.0942. The van der Waals surface area contributed by atoms with E-state index in [2.05, 4.69) is 15.9 Å². The molecular weight excluding hydrogens is 302 g/mol. The van der Waals surface area contributed by atoms with Crippen molar-refractivity contribution in [1.82, 2.24) is 0 Å². The molecule has 3 nitrogen and oxygen atoms in total. The number of anilines is 1. The molecule has 1 aromatic heterocycles. The van der Waals surface area contributed by atoms with Crippen LogP contribution in [0.1, 0.15) is 15.2 Å². The summed E-state index contributed by atoms with van der Waals surface area (Å²) in [4.78, 5) is 12.9. The van der Waals surface area contributed by atoms with E-state index in [4.69, 9.17) is 10.5 Å². The number of hydrogen-bond donors (Lipinski definition) is 1. The molecule has 2 N–H and O–H groups in total. The summed E-state index contributed by atoms with van der Waals surface area (Å²) in [5.74, 6) is 0.423. The number of nitrogen functional groups attached to an aromatic ring is 1. The second-order valence-corrected chi connectivity index (χ2v) is 5.12. The zero-order valence-electron chi connectivity index (χ0n) is 9.07. The maximum absolute atomic E-state index is 12.3. The van der Waals surface area contributed by atoms with Crippen LogP contribution >= 0.6 is 27.3 Å². The van der Waals surface area contributed by atoms with Gasteiger partial charge < -0.3 is 10.5 Å². The molecule has 0 radical (unpaired) electrons. The Morgan fingerprint density at radius 1 is 1.41 bits per heavy atom. The molecule has 0 spiro atoms. The van der Waals surface area contributed by atoms with Gasteiger partial charge in [0.05, 0.1) is 23.2 Å². The number of methoxy groups -OCH3 is 1. The van der Waals surface area contributed by atoms with E-state index in [-0.39, 0.29) is 5.78 Å². The van der Waals surface area contributed by atoms with Crippen LogP contribution in [0.2, 0.25) is 0 Å². The van der Waals surface area contributed by atoms with Crippen LogP contribution in [0.5, 0.6) is 5.75 Å². The second kappa shape index (κ2) is 4.89. The van der Waals surface area contributed by atoms with Gasteiger partial charge in [-0.05, 0) is 39.5 Å². The number of benzene rings is 1. The number of halogens is 1. The van der Waals surface area contributed by atoms with Crippen molar-refractivity contribution in [3.8, 4) is 5.75 Å². The minimum atomic E-state index is -0.0942. The first-order valence-electron chi connectivity index (χ1n) is 4.85. The first-order valence-corrected chi connectivity index (χ1v) is 6.52. The summed E-state index contributed by atoms with van der Waals surface area (Å²) in [5, 5.41) is 1.85. The predicted octanol–water partition coefficient (Wildman–Crippen LogP) is 3.33. The van der Waals surface area contributed by atoms with E-state index in [0.29, 0.717) is 21.9 Å². The van der Waals surface area contributed by atoms with Gasteiger partial charge in [0.2, 0.25) is 5.78 Å². The van der Waals surface area contributed by atoms with Gasteiger partial charge in [0.25, 0.3) is 0 Å². The van der Waals surface area contributed by atoms with Gasteiger partial charge in [0, 0.05) is 4.47 Å². The van der Waals surface area contributed by atoms with Crippen molar-refractivity contribution in [2.75, 3.05) is 12.8 Å². The van der Waals surface area contributed by atoms with Gasteiger partial charge >= 0.3 is 0 Å². The molecule has 1 aromatic carbocycles. The van der Waals surface area contributed by atoms with Gasteiger partial charge in [-0.1, -0.05) is 6.07 Å². The van der Waals surface area contributed by atoms with Crippen LogP contribution in [0, 0.1) is 0 Å². The normalized spacial score (nSPS) is 10.2. The summed E-state index contributed by atoms with van der Waals surface area (Å²) in [6.45, 7) is 0. The lowest BCUT2D eigenvalue weighted by Crippen LogP contribution is -2.05. The number of para-hydroxylation sites is 1. The quantitative estimate of drug-likeness (QED) is 0.698. The molecule has 0 saturated carbocycles. The zero-order chi connectivity index (χ0) is 12.4. The molecule has 0 aliphatic rings. The fourth-order valence-electron chi connectivity index (χ4n) is 1.50. The molecule has 17 heavy (non-hydrogen) atoms. The van der Waals surface area contributed by atoms with Gasteiger partial charge in [-0.15, -0.1) is 11.3 Å². The van der Waals surface area contributed by atoms with Crippen molar-refractivity contribution in [1.29, 1.82) is 0 Å². The Balaban J connectivity index is 2.48. The number of hydrogen-bond acceptors (Lipinski definition) is 4. The average Bonchev–Trinajstić information content (AvgIpc) is 2.75. The Bertz CT molecular complexity index is 565. The lowest BCUT2D eigenvalue weighted by atomic mass is 10.1. The Hall–Kier alpha value is -1.33. The summed E-state index contributed by atoms with van der Waals surface area (Å²) in [6.07, 6.45) is 0. The molecule has 5 heteroatoms. The fourth-order valence-corrected chi connectivity index (χ4v) is 3.00. The summed E-state index contributed by atoms with van der Waals surface area (Å²) >= 11 is 4.72. The predicted molar refractivity (Wildman–Crippen MR) is 72.9 cm³/mol. The number of ketones is 1. The van der Waals surface area contributed by atoms with Gasteiger partial charge in [-0.3, -0.25) is 4.79 Å². The number of rotatable bonds is 3. The van der Waals surface area contributed by atoms with Crippen LogP contribution in [0.25, 0.3) is 0 Å². The highest BCUT2D eigenvalue weighted by atomic mass is 79.9. The van der Waals surface area contributed by atoms with E-state index < -0.39 is 0 Å². The van der Waals surface area contributed by atoms with Crippen LogP contribution in [0.3, 0.4) is 0 Å². The molecule has 88 valence electrons. The highest BCUT2D eigenvalue weighted by Crippen LogP contribution is 2.31. The maximum Gasteiger partial charge on any atom is 0.206 e. The number of ether oxygens (including phenoxy) is 1. The number of carbonyl (C=O) groups excluding carboxylic acids is 1. The standard InChI is InChI=1S/C12H10BrNO2S/c1-16-9-4-2-3-7(10(9)14)11(15)12-8(13)5-6-17-12/h2-6H,14H2,1H3. The molecule has 2 rings (SSSR count). The van der Waals surface area contributed by atoms with Gasteiger partial charge in [0.1, 0.15) is 5.75 Å². The maximum atomic E-state index is 12.3. The van der Waals surface area contributed by atoms with Crippen LogP contribution in [0.15, 0.2) is 34.1 Å². The van der Waals surface area contributed by atoms with Crippen molar-refractivity contribution in [3.63, 3.8) is 0 Å². The monoisotopic (exact) mass is 311 g/mol. The Morgan fingerprint density at radius 2 is 2.18 bits per heavy atom. The average molecular weight is 312 g/mol. The number of thiophene rings is 1. The first-order chi connectivity index (χ1) is 8.15. The van der Waals surface area contributed by atoms with Gasteiger partial charge in [-0.25, -0.2) is 0 Å². The third kappa shape index (κ3) is 2.21. The third-order valence-corrected chi connectivity index (χ3v) is 4.19. The topological polar surface area (TPSA) is 52.3 Å². The van der Waals surface area contributed by atoms with Crippen molar-refractivity contribution < 1.29 is 9.53 Å². The van der Waals surface area contributed by atoms with Crippen molar-refractivity contribution in [3.05, 3.63) is 44.6 Å². The first kappa shape index (κ1) is 12.1. The smallest absolute Gasteiger partial charge is 0.206 e. The van der Waals surface area contributed by atoms with Crippen molar-refractivity contribution >= 4 is 38.7 Å². The molecule has 0 bridgehead atoms. The summed E-state index contributed by atoms with van der Waals surface area (Å²) in [5.41, 5.74) is 6.73. The molecular formula is C12H10BrNO2S. The summed E-state index contributed by atoms with van der Waals surface area (Å²) in [6, 6.07) is 7.03. The molecule has 2 aromatic rings. The highest BCUT2D eigenvalue weighted by molar-refractivity contribution is 9.10. The van der Waals surface area contributed by atoms with Crippen LogP contribution in [-0.2, 0) is 0 Å². The zero-order valence-corrected chi connectivity index (χ0v) is 11.5. The second-order valence-electron chi connectivity index (χ2n) is 3.35. The van der Waals surface area contributed by atoms with Crippen LogP contribution in [0.4, 0.5) is 5.69 Å². The molecule has 0 amide bonds. The molecule has 0 saturated heterocycles. The van der Waals surface area contributed by atoms with E-state index in [0.717, 1.165) is 4.47 Å². The summed E-state index contributed by atoms with van der Waals surface area (Å²) in [7, 11) is 1.53. The minimum Gasteiger partial charge on any atom is -0.495 e. The molecule has 1 heterocycles. The Morgan fingerprint density at radius 3 is 2.76 bits per heavy atom. The highest BCUT2D eigenvalue weighted by Gasteiger charge is 2.18. The molecule has 0 aliphatic heterocycles. The van der Waals surface area contributed by atoms with E-state index in [1.165, 1.54) is 18.4 Å². The van der Waals surface area contributed by atoms with E-state index in [1.807, 2.05) is 11.4 Å². The van der Waals surface area contributed by atoms with E-state index in [1.54, 1.807) is 18.2 Å². The van der Waals surface area contributed by atoms with Gasteiger partial charge in [0.15, 0.2) is 0 Å². The van der Waals surface area contributed by atoms with Crippen molar-refractivity contribution in [2.24, 2.45) is 0 Å². The largest absolute Gasteiger partial charge is 0.495 e. The summed E-state index contributed by atoms with van der Waals surface area (Å²) < 4.78 is 5.88. The van der Waals surface area contributed by atoms with Crippen LogP contribution in [-0.4, -0.2) is 12.9 Å². The third-order valence-electron chi connectivity index (χ3n) is 2.35. The van der Waals surface area contributed by atoms with E-state index in [9.17, 15) is 4.79 Å². The fraction of sp³-hybridized carbons (Fsp3) is 0.0833. The number of nitrogens with two attached hydrogens (primary N) is 1. The Labute approximate surface area is 111 Å². The van der Waals surface area contributed by atoms with Gasteiger partial charge in [-0.2, -0.15) is 0 Å². The molecule has 0 aliphatic carbocycles. The molecule has 0 fully saturated rings. The lowest BCUT2D eigenvalue weighted by Gasteiger charge is -2.08. The SMILES string of the molecule is COc1cccc(C(=O)c2sccc2Br)c1N. The number of carbonyl (C=O) groups is 1. The Kier molecular flexibility index (Phi) is 3.49. The lowest BCUT2D eigenvalue weighted by molar-refractivity contribution is 0.104. The van der Waals surface area contributed by atoms with Crippen molar-refractivity contribution in [2.45, 2.75) is 0 Å². The molecule has 0 atom stereocenters. The van der Waals surface area contributed by atoms with E-state index >= 15 is 0 Å². The van der Waals surface area contributed by atoms with Crippen LogP contribution < -0.4 is 10.5 Å². The molecule has 0 unspecified atom stereocenters.